The van der Waals surface area contributed by atoms with E-state index in [1.807, 2.05) is 19.9 Å². The van der Waals surface area contributed by atoms with Crippen LogP contribution in [0.3, 0.4) is 0 Å². The van der Waals surface area contributed by atoms with Gasteiger partial charge in [-0.25, -0.2) is 4.79 Å². The van der Waals surface area contributed by atoms with E-state index in [9.17, 15) is 24.3 Å². The van der Waals surface area contributed by atoms with E-state index < -0.39 is 70.2 Å². The van der Waals surface area contributed by atoms with Crippen molar-refractivity contribution < 1.29 is 33.8 Å². The van der Waals surface area contributed by atoms with E-state index in [2.05, 4.69) is 0 Å². The van der Waals surface area contributed by atoms with Gasteiger partial charge in [-0.3, -0.25) is 14.4 Å². The molecule has 0 amide bonds. The van der Waals surface area contributed by atoms with Gasteiger partial charge in [0, 0.05) is 40.6 Å². The van der Waals surface area contributed by atoms with Crippen molar-refractivity contribution in [1.82, 2.24) is 0 Å². The summed E-state index contributed by atoms with van der Waals surface area (Å²) in [5.41, 5.74) is -1.91. The number of rotatable bonds is 5. The molecule has 0 heterocycles. The van der Waals surface area contributed by atoms with Crippen molar-refractivity contribution in [2.75, 3.05) is 0 Å². The summed E-state index contributed by atoms with van der Waals surface area (Å²) in [7, 11) is 0. The predicted molar refractivity (Wildman–Crippen MR) is 132 cm³/mol. The third-order valence-electron chi connectivity index (χ3n) is 9.52. The van der Waals surface area contributed by atoms with Gasteiger partial charge in [-0.05, 0) is 38.3 Å². The molecule has 0 aromatic heterocycles. The van der Waals surface area contributed by atoms with E-state index in [4.69, 9.17) is 9.47 Å². The van der Waals surface area contributed by atoms with E-state index in [1.54, 1.807) is 53.7 Å². The van der Waals surface area contributed by atoms with Crippen LogP contribution in [0, 0.1) is 40.9 Å². The quantitative estimate of drug-likeness (QED) is 0.349. The number of esters is 2. The molecule has 0 aromatic rings. The fourth-order valence-corrected chi connectivity index (χ4v) is 7.29. The van der Waals surface area contributed by atoms with Crippen LogP contribution in [0.4, 0.5) is 0 Å². The lowest BCUT2D eigenvalue weighted by Crippen LogP contribution is -2.63. The van der Waals surface area contributed by atoms with E-state index in [0.717, 1.165) is 6.29 Å². The van der Waals surface area contributed by atoms with Crippen LogP contribution in [0.15, 0.2) is 34.9 Å². The number of aldehydes is 1. The van der Waals surface area contributed by atoms with E-state index in [0.29, 0.717) is 16.7 Å². The molecule has 0 bridgehead atoms. The number of hydrogen-bond acceptors (Lipinski definition) is 7. The van der Waals surface area contributed by atoms with Crippen LogP contribution in [0.5, 0.6) is 0 Å². The van der Waals surface area contributed by atoms with Crippen molar-refractivity contribution in [1.29, 1.82) is 0 Å². The first-order valence-corrected chi connectivity index (χ1v) is 12.9. The zero-order valence-electron chi connectivity index (χ0n) is 22.5. The molecule has 4 aliphatic rings. The summed E-state index contributed by atoms with van der Waals surface area (Å²) >= 11 is 0. The minimum absolute atomic E-state index is 0.0783. The van der Waals surface area contributed by atoms with E-state index >= 15 is 0 Å². The number of aliphatic hydroxyl groups is 1. The molecule has 196 valence electrons. The molecule has 8 atom stereocenters. The third-order valence-corrected chi connectivity index (χ3v) is 9.52. The standard InChI is InChI=1S/C29H38O7/c1-9-15(4)26(33)35-24-17(6)28(34)20-10-16(5)22(31)19(20)11-18(13-30)12-21(28)23-27(7,8)29(23,24)36-25(32)14(2)3/h9-10,12-14,17,19-21,23-24,34H,11H2,1-8H3/b15-9+/t17-,19+,20-,21+,23-,24-,28+,29-/m1/s1. The van der Waals surface area contributed by atoms with Gasteiger partial charge in [-0.2, -0.15) is 0 Å². The average Bonchev–Trinajstić information content (AvgIpc) is 3.22. The van der Waals surface area contributed by atoms with Gasteiger partial charge >= 0.3 is 11.9 Å². The summed E-state index contributed by atoms with van der Waals surface area (Å²) in [4.78, 5) is 51.2. The Labute approximate surface area is 213 Å². The first-order chi connectivity index (χ1) is 16.7. The summed E-state index contributed by atoms with van der Waals surface area (Å²) in [6, 6.07) is 0. The number of carbonyl (C=O) groups is 4. The molecular formula is C29H38O7. The largest absolute Gasteiger partial charge is 0.454 e. The highest BCUT2D eigenvalue weighted by molar-refractivity contribution is 6.00. The van der Waals surface area contributed by atoms with Gasteiger partial charge in [0.15, 0.2) is 11.4 Å². The second-order valence-electron chi connectivity index (χ2n) is 12.0. The molecule has 0 saturated heterocycles. The maximum absolute atomic E-state index is 13.1. The summed E-state index contributed by atoms with van der Waals surface area (Å²) in [5, 5.41) is 12.6. The summed E-state index contributed by atoms with van der Waals surface area (Å²) in [6.07, 6.45) is 5.30. The van der Waals surface area contributed by atoms with Gasteiger partial charge in [0.1, 0.15) is 12.4 Å². The van der Waals surface area contributed by atoms with E-state index in [1.165, 1.54) is 0 Å². The summed E-state index contributed by atoms with van der Waals surface area (Å²) < 4.78 is 12.3. The molecule has 4 aliphatic carbocycles. The highest BCUT2D eigenvalue weighted by Gasteiger charge is 2.87. The molecule has 0 unspecified atom stereocenters. The average molecular weight is 499 g/mol. The molecule has 2 fully saturated rings. The van der Waals surface area contributed by atoms with Crippen molar-refractivity contribution in [3.8, 4) is 0 Å². The summed E-state index contributed by atoms with van der Waals surface area (Å²) in [5.74, 6) is -4.26. The molecular weight excluding hydrogens is 460 g/mol. The maximum Gasteiger partial charge on any atom is 0.333 e. The Hall–Kier alpha value is -2.54. The van der Waals surface area contributed by atoms with Gasteiger partial charge in [0.05, 0.1) is 11.5 Å². The van der Waals surface area contributed by atoms with Gasteiger partial charge in [-0.1, -0.05) is 52.8 Å². The molecule has 36 heavy (non-hydrogen) atoms. The third kappa shape index (κ3) is 3.34. The molecule has 7 heteroatoms. The number of ether oxygens (including phenoxy) is 2. The Bertz CT molecular complexity index is 1110. The van der Waals surface area contributed by atoms with Gasteiger partial charge < -0.3 is 14.6 Å². The lowest BCUT2D eigenvalue weighted by atomic mass is 9.59. The fourth-order valence-electron chi connectivity index (χ4n) is 7.29. The Morgan fingerprint density at radius 2 is 1.83 bits per heavy atom. The number of fused-ring (bicyclic) bond motifs is 5. The number of hydrogen-bond donors (Lipinski definition) is 1. The SMILES string of the molecule is C/C=C(\C)C(=O)O[C@@H]1[C@@H](C)[C@]2(O)[C@@H]3C=C(C)C(=O)[C@H]3CC(C=O)=C[C@H]2[C@@H]2C(C)(C)[C@]12OC(=O)C(C)C. The first kappa shape index (κ1) is 26.5. The zero-order valence-corrected chi connectivity index (χ0v) is 22.5. The highest BCUT2D eigenvalue weighted by atomic mass is 16.6. The maximum atomic E-state index is 13.1. The number of allylic oxidation sites excluding steroid dienone is 3. The normalized spacial score (nSPS) is 40.7. The van der Waals surface area contributed by atoms with Crippen molar-refractivity contribution in [3.63, 3.8) is 0 Å². The van der Waals surface area contributed by atoms with Crippen LogP contribution in [0.2, 0.25) is 0 Å². The molecule has 0 spiro atoms. The lowest BCUT2D eigenvalue weighted by Gasteiger charge is -2.52. The van der Waals surface area contributed by atoms with Gasteiger partial charge in [-0.15, -0.1) is 0 Å². The van der Waals surface area contributed by atoms with Crippen molar-refractivity contribution in [2.24, 2.45) is 40.9 Å². The Morgan fingerprint density at radius 1 is 1.19 bits per heavy atom. The monoisotopic (exact) mass is 498 g/mol. The van der Waals surface area contributed by atoms with Crippen LogP contribution in [-0.2, 0) is 28.7 Å². The second kappa shape index (κ2) is 8.51. The molecule has 2 saturated carbocycles. The minimum Gasteiger partial charge on any atom is -0.454 e. The van der Waals surface area contributed by atoms with Crippen LogP contribution in [0.25, 0.3) is 0 Å². The number of carbonyl (C=O) groups excluding carboxylic acids is 4. The Balaban J connectivity index is 1.93. The Morgan fingerprint density at radius 3 is 2.39 bits per heavy atom. The summed E-state index contributed by atoms with van der Waals surface area (Å²) in [6.45, 7) is 14.3. The molecule has 0 radical (unpaired) electrons. The van der Waals surface area contributed by atoms with Gasteiger partial charge in [0.25, 0.3) is 0 Å². The smallest absolute Gasteiger partial charge is 0.333 e. The zero-order chi connectivity index (χ0) is 27.0. The number of ketones is 1. The molecule has 0 aromatic carbocycles. The van der Waals surface area contributed by atoms with Crippen molar-refractivity contribution >= 4 is 24.0 Å². The van der Waals surface area contributed by atoms with Crippen LogP contribution >= 0.6 is 0 Å². The predicted octanol–water partition coefficient (Wildman–Crippen LogP) is 3.75. The van der Waals surface area contributed by atoms with Crippen LogP contribution in [-0.4, -0.2) is 46.4 Å². The van der Waals surface area contributed by atoms with Gasteiger partial charge in [0.2, 0.25) is 0 Å². The highest BCUT2D eigenvalue weighted by Crippen LogP contribution is 2.77. The fraction of sp³-hybridized carbons (Fsp3) is 0.655. The molecule has 1 N–H and O–H groups in total. The minimum atomic E-state index is -1.50. The van der Waals surface area contributed by atoms with Crippen molar-refractivity contribution in [2.45, 2.75) is 79.1 Å². The topological polar surface area (TPSA) is 107 Å². The number of Topliss-reactive ketones (excluding diaryl/α,β-unsaturated/α-hetero) is 1. The van der Waals surface area contributed by atoms with Crippen molar-refractivity contribution in [3.05, 3.63) is 34.9 Å². The molecule has 7 nitrogen and oxygen atoms in total. The lowest BCUT2D eigenvalue weighted by molar-refractivity contribution is -0.220. The molecule has 4 rings (SSSR count). The second-order valence-corrected chi connectivity index (χ2v) is 12.0. The Kier molecular flexibility index (Phi) is 6.27. The van der Waals surface area contributed by atoms with Crippen LogP contribution in [0.1, 0.15) is 61.8 Å². The van der Waals surface area contributed by atoms with E-state index in [-0.39, 0.29) is 12.2 Å². The van der Waals surface area contributed by atoms with Crippen LogP contribution < -0.4 is 0 Å². The first-order valence-electron chi connectivity index (χ1n) is 12.9. The molecule has 0 aliphatic heterocycles.